The predicted molar refractivity (Wildman–Crippen MR) is 104 cm³/mol. The van der Waals surface area contributed by atoms with Crippen LogP contribution in [0.25, 0.3) is 0 Å². The van der Waals surface area contributed by atoms with Crippen LogP contribution in [0.5, 0.6) is 0 Å². The van der Waals surface area contributed by atoms with Crippen LogP contribution in [-0.4, -0.2) is 42.5 Å². The summed E-state index contributed by atoms with van der Waals surface area (Å²) in [7, 11) is 0. The molecule has 0 unspecified atom stereocenters. The normalized spacial score (nSPS) is 15.2. The van der Waals surface area contributed by atoms with Crippen molar-refractivity contribution in [2.24, 2.45) is 5.73 Å². The Morgan fingerprint density at radius 2 is 1.73 bits per heavy atom. The summed E-state index contributed by atoms with van der Waals surface area (Å²) in [6, 6.07) is 16.0. The van der Waals surface area contributed by atoms with E-state index in [1.807, 2.05) is 18.2 Å². The van der Waals surface area contributed by atoms with Crippen LogP contribution in [-0.2, 0) is 13.0 Å². The summed E-state index contributed by atoms with van der Waals surface area (Å²) in [6.07, 6.45) is 1.62. The molecule has 0 bridgehead atoms. The van der Waals surface area contributed by atoms with E-state index in [9.17, 15) is 10.1 Å². The largest absolute Gasteiger partial charge is 0.363 e. The van der Waals surface area contributed by atoms with E-state index in [-0.39, 0.29) is 10.6 Å². The lowest BCUT2D eigenvalue weighted by Crippen LogP contribution is -2.46. The zero-order valence-corrected chi connectivity index (χ0v) is 15.0. The molecule has 6 nitrogen and oxygen atoms in total. The van der Waals surface area contributed by atoms with Gasteiger partial charge in [0, 0.05) is 38.8 Å². The lowest BCUT2D eigenvalue weighted by atomic mass is 10.1. The molecule has 26 heavy (non-hydrogen) atoms. The minimum atomic E-state index is -0.266. The van der Waals surface area contributed by atoms with E-state index in [0.29, 0.717) is 6.54 Å². The van der Waals surface area contributed by atoms with Crippen molar-refractivity contribution >= 4 is 11.4 Å². The smallest absolute Gasteiger partial charge is 0.292 e. The first kappa shape index (κ1) is 18.4. The summed E-state index contributed by atoms with van der Waals surface area (Å²) in [5.41, 5.74) is 8.76. The highest BCUT2D eigenvalue weighted by atomic mass is 16.6. The van der Waals surface area contributed by atoms with Gasteiger partial charge in [-0.15, -0.1) is 0 Å². The topological polar surface area (TPSA) is 75.6 Å². The van der Waals surface area contributed by atoms with Gasteiger partial charge in [0.25, 0.3) is 5.69 Å². The number of nitro groups is 1. The van der Waals surface area contributed by atoms with Gasteiger partial charge >= 0.3 is 0 Å². The minimum absolute atomic E-state index is 0.205. The number of benzene rings is 2. The Kier molecular flexibility index (Phi) is 6.20. The molecule has 6 heteroatoms. The molecule has 0 aromatic heterocycles. The van der Waals surface area contributed by atoms with E-state index in [1.54, 1.807) is 6.07 Å². The number of nitro benzene ring substituents is 1. The minimum Gasteiger partial charge on any atom is -0.363 e. The third kappa shape index (κ3) is 4.59. The molecule has 2 aromatic carbocycles. The van der Waals surface area contributed by atoms with Gasteiger partial charge in [-0.1, -0.05) is 36.4 Å². The van der Waals surface area contributed by atoms with Crippen LogP contribution in [0.3, 0.4) is 0 Å². The standard InChI is InChI=1S/C20H26N4O2/c21-10-4-7-17-8-9-19(20(15-17)24(25)26)23-13-11-22(12-14-23)16-18-5-2-1-3-6-18/h1-3,5-6,8-9,15H,4,7,10-14,16,21H2. The van der Waals surface area contributed by atoms with E-state index < -0.39 is 0 Å². The molecule has 2 N–H and O–H groups in total. The average molecular weight is 354 g/mol. The first-order valence-electron chi connectivity index (χ1n) is 9.16. The molecule has 0 atom stereocenters. The van der Waals surface area contributed by atoms with Gasteiger partial charge < -0.3 is 10.6 Å². The van der Waals surface area contributed by atoms with Crippen molar-refractivity contribution in [1.82, 2.24) is 4.90 Å². The lowest BCUT2D eigenvalue weighted by Gasteiger charge is -2.35. The van der Waals surface area contributed by atoms with E-state index in [0.717, 1.165) is 56.8 Å². The van der Waals surface area contributed by atoms with Gasteiger partial charge in [-0.05, 0) is 36.6 Å². The van der Waals surface area contributed by atoms with E-state index in [4.69, 9.17) is 5.73 Å². The Balaban J connectivity index is 1.65. The first-order valence-corrected chi connectivity index (χ1v) is 9.16. The molecular weight excluding hydrogens is 328 g/mol. The van der Waals surface area contributed by atoms with Crippen molar-refractivity contribution in [3.63, 3.8) is 0 Å². The molecule has 0 amide bonds. The summed E-state index contributed by atoms with van der Waals surface area (Å²) >= 11 is 0. The molecule has 0 aliphatic carbocycles. The van der Waals surface area contributed by atoms with Crippen molar-refractivity contribution in [3.8, 4) is 0 Å². The third-order valence-corrected chi connectivity index (χ3v) is 4.87. The Morgan fingerprint density at radius 3 is 2.38 bits per heavy atom. The second-order valence-electron chi connectivity index (χ2n) is 6.72. The SMILES string of the molecule is NCCCc1ccc(N2CCN(Cc3ccccc3)CC2)c([N+](=O)[O-])c1. The van der Waals surface area contributed by atoms with Gasteiger partial charge in [0.2, 0.25) is 0 Å². The lowest BCUT2D eigenvalue weighted by molar-refractivity contribution is -0.384. The van der Waals surface area contributed by atoms with Crippen LogP contribution < -0.4 is 10.6 Å². The fraction of sp³-hybridized carbons (Fsp3) is 0.400. The summed E-state index contributed by atoms with van der Waals surface area (Å²) in [5.74, 6) is 0. The first-order chi connectivity index (χ1) is 12.7. The molecule has 1 fully saturated rings. The van der Waals surface area contributed by atoms with Crippen LogP contribution in [0.2, 0.25) is 0 Å². The molecule has 3 rings (SSSR count). The third-order valence-electron chi connectivity index (χ3n) is 4.87. The van der Waals surface area contributed by atoms with Crippen LogP contribution in [0.15, 0.2) is 48.5 Å². The Morgan fingerprint density at radius 1 is 1.00 bits per heavy atom. The summed E-state index contributed by atoms with van der Waals surface area (Å²) in [4.78, 5) is 15.8. The van der Waals surface area contributed by atoms with E-state index >= 15 is 0 Å². The quantitative estimate of drug-likeness (QED) is 0.611. The zero-order chi connectivity index (χ0) is 18.4. The summed E-state index contributed by atoms with van der Waals surface area (Å²) in [5, 5.41) is 11.5. The van der Waals surface area contributed by atoms with Crippen LogP contribution in [0.4, 0.5) is 11.4 Å². The fourth-order valence-electron chi connectivity index (χ4n) is 3.43. The Bertz CT molecular complexity index is 728. The number of rotatable bonds is 7. The maximum Gasteiger partial charge on any atom is 0.292 e. The Labute approximate surface area is 154 Å². The molecule has 0 spiro atoms. The number of nitrogens with two attached hydrogens (primary N) is 1. The molecule has 1 aliphatic rings. The van der Waals surface area contributed by atoms with Crippen LogP contribution in [0.1, 0.15) is 17.5 Å². The van der Waals surface area contributed by atoms with Gasteiger partial charge in [0.15, 0.2) is 0 Å². The zero-order valence-electron chi connectivity index (χ0n) is 15.0. The molecule has 1 aliphatic heterocycles. The van der Waals surface area contributed by atoms with Gasteiger partial charge in [-0.2, -0.15) is 0 Å². The highest BCUT2D eigenvalue weighted by Gasteiger charge is 2.24. The number of nitrogens with zero attached hydrogens (tertiary/aromatic N) is 3. The second-order valence-corrected chi connectivity index (χ2v) is 6.72. The highest BCUT2D eigenvalue weighted by molar-refractivity contribution is 5.64. The van der Waals surface area contributed by atoms with E-state index in [2.05, 4.69) is 34.1 Å². The van der Waals surface area contributed by atoms with Gasteiger partial charge in [-0.3, -0.25) is 15.0 Å². The highest BCUT2D eigenvalue weighted by Crippen LogP contribution is 2.30. The maximum absolute atomic E-state index is 11.5. The monoisotopic (exact) mass is 354 g/mol. The van der Waals surface area contributed by atoms with Crippen molar-refractivity contribution in [1.29, 1.82) is 0 Å². The van der Waals surface area contributed by atoms with Crippen LogP contribution >= 0.6 is 0 Å². The summed E-state index contributed by atoms with van der Waals surface area (Å²) in [6.45, 7) is 4.93. The molecule has 138 valence electrons. The molecule has 1 saturated heterocycles. The van der Waals surface area contributed by atoms with E-state index in [1.165, 1.54) is 5.56 Å². The molecule has 0 saturated carbocycles. The molecule has 0 radical (unpaired) electrons. The maximum atomic E-state index is 11.5. The van der Waals surface area contributed by atoms with Crippen LogP contribution in [0, 0.1) is 10.1 Å². The van der Waals surface area contributed by atoms with Gasteiger partial charge in [0.1, 0.15) is 5.69 Å². The number of anilines is 1. The van der Waals surface area contributed by atoms with Gasteiger partial charge in [0.05, 0.1) is 4.92 Å². The van der Waals surface area contributed by atoms with Crippen molar-refractivity contribution in [2.45, 2.75) is 19.4 Å². The average Bonchev–Trinajstić information content (AvgIpc) is 2.67. The van der Waals surface area contributed by atoms with Crippen molar-refractivity contribution < 1.29 is 4.92 Å². The number of aryl methyl sites for hydroxylation is 1. The van der Waals surface area contributed by atoms with Crippen molar-refractivity contribution in [2.75, 3.05) is 37.6 Å². The number of hydrogen-bond acceptors (Lipinski definition) is 5. The van der Waals surface area contributed by atoms with Crippen molar-refractivity contribution in [3.05, 3.63) is 69.8 Å². The molecular formula is C20H26N4O2. The molecule has 1 heterocycles. The summed E-state index contributed by atoms with van der Waals surface area (Å²) < 4.78 is 0. The second kappa shape index (κ2) is 8.78. The number of hydrogen-bond donors (Lipinski definition) is 1. The number of piperazine rings is 1. The fourth-order valence-corrected chi connectivity index (χ4v) is 3.43. The molecule has 2 aromatic rings. The predicted octanol–water partition coefficient (Wildman–Crippen LogP) is 2.81. The van der Waals surface area contributed by atoms with Gasteiger partial charge in [-0.25, -0.2) is 0 Å². The Hall–Kier alpha value is -2.44.